The van der Waals surface area contributed by atoms with Crippen LogP contribution in [0.15, 0.2) is 36.5 Å². The van der Waals surface area contributed by atoms with E-state index in [0.29, 0.717) is 0 Å². The fourth-order valence-corrected chi connectivity index (χ4v) is 0.825. The predicted molar refractivity (Wildman–Crippen MR) is 43.4 cm³/mol. The van der Waals surface area contributed by atoms with Crippen LogP contribution >= 0.6 is 0 Å². The lowest BCUT2D eigenvalue weighted by Crippen LogP contribution is -1.83. The molecule has 0 atom stereocenters. The first kappa shape index (κ1) is 7.79. The summed E-state index contributed by atoms with van der Waals surface area (Å²) in [5.41, 5.74) is 6.21. The van der Waals surface area contributed by atoms with Gasteiger partial charge in [-0.3, -0.25) is 0 Å². The molecule has 58 valence electrons. The van der Waals surface area contributed by atoms with E-state index in [9.17, 15) is 4.39 Å². The minimum absolute atomic E-state index is 0.203. The van der Waals surface area contributed by atoms with Crippen LogP contribution < -0.4 is 5.73 Å². The second kappa shape index (κ2) is 3.76. The zero-order valence-electron chi connectivity index (χ0n) is 6.13. The third kappa shape index (κ3) is 2.42. The van der Waals surface area contributed by atoms with Gasteiger partial charge in [0.15, 0.2) is 0 Å². The first-order valence-corrected chi connectivity index (χ1v) is 3.44. The Morgan fingerprint density at radius 1 is 1.27 bits per heavy atom. The molecule has 0 aromatic heterocycles. The molecule has 2 N–H and O–H groups in total. The quantitative estimate of drug-likeness (QED) is 0.685. The molecular weight excluding hydrogens is 141 g/mol. The molecule has 0 aliphatic rings. The fraction of sp³-hybridized carbons (Fsp3) is 0.111. The van der Waals surface area contributed by atoms with E-state index in [2.05, 4.69) is 0 Å². The van der Waals surface area contributed by atoms with Gasteiger partial charge in [0.1, 0.15) is 5.82 Å². The number of rotatable bonds is 2. The summed E-state index contributed by atoms with van der Waals surface area (Å²) in [4.78, 5) is 0. The second-order valence-electron chi connectivity index (χ2n) is 2.26. The van der Waals surface area contributed by atoms with Gasteiger partial charge in [0, 0.05) is 0 Å². The minimum atomic E-state index is -0.203. The summed E-state index contributed by atoms with van der Waals surface area (Å²) in [5, 5.41) is 0. The fourth-order valence-electron chi connectivity index (χ4n) is 0.825. The van der Waals surface area contributed by atoms with Crippen molar-refractivity contribution in [2.24, 2.45) is 5.73 Å². The Hall–Kier alpha value is -1.31. The van der Waals surface area contributed by atoms with Crippen molar-refractivity contribution in [1.29, 1.82) is 0 Å². The van der Waals surface area contributed by atoms with Crippen LogP contribution in [0.4, 0.5) is 4.39 Å². The molecule has 0 bridgehead atoms. The third-order valence-electron chi connectivity index (χ3n) is 1.40. The summed E-state index contributed by atoms with van der Waals surface area (Å²) in [6.45, 7) is 0. The van der Waals surface area contributed by atoms with Crippen LogP contribution in [0, 0.1) is 5.82 Å². The van der Waals surface area contributed by atoms with Crippen molar-refractivity contribution in [3.8, 4) is 0 Å². The van der Waals surface area contributed by atoms with Gasteiger partial charge in [-0.25, -0.2) is 4.39 Å². The summed E-state index contributed by atoms with van der Waals surface area (Å²) >= 11 is 0. The van der Waals surface area contributed by atoms with E-state index < -0.39 is 0 Å². The van der Waals surface area contributed by atoms with Gasteiger partial charge < -0.3 is 5.73 Å². The lowest BCUT2D eigenvalue weighted by Gasteiger charge is -1.93. The van der Waals surface area contributed by atoms with Crippen molar-refractivity contribution in [2.75, 3.05) is 0 Å². The SMILES string of the molecule is NC=CCc1ccc(F)cc1. The van der Waals surface area contributed by atoms with Crippen molar-refractivity contribution >= 4 is 0 Å². The van der Waals surface area contributed by atoms with Crippen LogP contribution in [0.3, 0.4) is 0 Å². The number of benzene rings is 1. The highest BCUT2D eigenvalue weighted by atomic mass is 19.1. The Labute approximate surface area is 65.3 Å². The van der Waals surface area contributed by atoms with E-state index in [0.717, 1.165) is 12.0 Å². The number of nitrogens with two attached hydrogens (primary N) is 1. The molecule has 1 aromatic carbocycles. The molecule has 0 heterocycles. The third-order valence-corrected chi connectivity index (χ3v) is 1.40. The Balaban J connectivity index is 2.66. The smallest absolute Gasteiger partial charge is 0.123 e. The van der Waals surface area contributed by atoms with E-state index in [1.54, 1.807) is 12.1 Å². The summed E-state index contributed by atoms with van der Waals surface area (Å²) in [6.07, 6.45) is 4.08. The molecule has 1 aromatic rings. The predicted octanol–water partition coefficient (Wildman–Crippen LogP) is 1.84. The standard InChI is InChI=1S/C9H10FN/c10-9-5-3-8(4-6-9)2-1-7-11/h1,3-7H,2,11H2. The molecule has 0 amide bonds. The van der Waals surface area contributed by atoms with E-state index in [1.165, 1.54) is 18.3 Å². The molecule has 0 aliphatic heterocycles. The van der Waals surface area contributed by atoms with E-state index in [1.807, 2.05) is 6.08 Å². The van der Waals surface area contributed by atoms with Crippen molar-refractivity contribution < 1.29 is 4.39 Å². The molecule has 0 fully saturated rings. The zero-order chi connectivity index (χ0) is 8.10. The molecule has 0 saturated heterocycles. The minimum Gasteiger partial charge on any atom is -0.405 e. The van der Waals surface area contributed by atoms with Crippen LogP contribution in [0.25, 0.3) is 0 Å². The van der Waals surface area contributed by atoms with E-state index in [-0.39, 0.29) is 5.82 Å². The number of hydrogen-bond donors (Lipinski definition) is 1. The summed E-state index contributed by atoms with van der Waals surface area (Å²) < 4.78 is 12.4. The summed E-state index contributed by atoms with van der Waals surface area (Å²) in [7, 11) is 0. The molecule has 11 heavy (non-hydrogen) atoms. The van der Waals surface area contributed by atoms with Gasteiger partial charge in [0.2, 0.25) is 0 Å². The Morgan fingerprint density at radius 2 is 1.91 bits per heavy atom. The van der Waals surface area contributed by atoms with Crippen molar-refractivity contribution in [3.63, 3.8) is 0 Å². The molecule has 0 spiro atoms. The molecule has 0 saturated carbocycles. The monoisotopic (exact) mass is 151 g/mol. The normalized spacial score (nSPS) is 10.6. The highest BCUT2D eigenvalue weighted by molar-refractivity contribution is 5.18. The first-order valence-electron chi connectivity index (χ1n) is 3.44. The van der Waals surface area contributed by atoms with Crippen LogP contribution in [0.2, 0.25) is 0 Å². The Bertz CT molecular complexity index is 238. The zero-order valence-corrected chi connectivity index (χ0v) is 6.13. The van der Waals surface area contributed by atoms with E-state index in [4.69, 9.17) is 5.73 Å². The van der Waals surface area contributed by atoms with Crippen molar-refractivity contribution in [3.05, 3.63) is 47.9 Å². The maximum atomic E-state index is 12.4. The van der Waals surface area contributed by atoms with Gasteiger partial charge in [-0.2, -0.15) is 0 Å². The maximum absolute atomic E-state index is 12.4. The molecule has 0 unspecified atom stereocenters. The maximum Gasteiger partial charge on any atom is 0.123 e. The summed E-state index contributed by atoms with van der Waals surface area (Å²) in [6, 6.07) is 6.38. The van der Waals surface area contributed by atoms with Crippen LogP contribution in [-0.4, -0.2) is 0 Å². The summed E-state index contributed by atoms with van der Waals surface area (Å²) in [5.74, 6) is -0.203. The van der Waals surface area contributed by atoms with Gasteiger partial charge >= 0.3 is 0 Å². The Kier molecular flexibility index (Phi) is 2.66. The second-order valence-corrected chi connectivity index (χ2v) is 2.26. The molecule has 0 aliphatic carbocycles. The topological polar surface area (TPSA) is 26.0 Å². The van der Waals surface area contributed by atoms with E-state index >= 15 is 0 Å². The highest BCUT2D eigenvalue weighted by Crippen LogP contribution is 2.03. The van der Waals surface area contributed by atoms with Crippen LogP contribution in [0.5, 0.6) is 0 Å². The number of halogens is 1. The van der Waals surface area contributed by atoms with Gasteiger partial charge in [0.05, 0.1) is 0 Å². The van der Waals surface area contributed by atoms with Crippen LogP contribution in [0.1, 0.15) is 5.56 Å². The largest absolute Gasteiger partial charge is 0.405 e. The molecule has 2 heteroatoms. The average Bonchev–Trinajstić information content (AvgIpc) is 2.04. The van der Waals surface area contributed by atoms with Crippen molar-refractivity contribution in [2.45, 2.75) is 6.42 Å². The molecule has 0 radical (unpaired) electrons. The molecular formula is C9H10FN. The molecule has 1 nitrogen and oxygen atoms in total. The van der Waals surface area contributed by atoms with Gasteiger partial charge in [-0.05, 0) is 30.3 Å². The van der Waals surface area contributed by atoms with Gasteiger partial charge in [-0.15, -0.1) is 0 Å². The first-order chi connectivity index (χ1) is 5.33. The lowest BCUT2D eigenvalue weighted by molar-refractivity contribution is 0.627. The lowest BCUT2D eigenvalue weighted by atomic mass is 10.1. The van der Waals surface area contributed by atoms with Gasteiger partial charge in [-0.1, -0.05) is 18.2 Å². The number of allylic oxidation sites excluding steroid dienone is 1. The van der Waals surface area contributed by atoms with Crippen molar-refractivity contribution in [1.82, 2.24) is 0 Å². The van der Waals surface area contributed by atoms with Gasteiger partial charge in [0.25, 0.3) is 0 Å². The molecule has 1 rings (SSSR count). The highest BCUT2D eigenvalue weighted by Gasteiger charge is 1.89. The van der Waals surface area contributed by atoms with Crippen LogP contribution in [-0.2, 0) is 6.42 Å². The number of hydrogen-bond acceptors (Lipinski definition) is 1. The average molecular weight is 151 g/mol. The Morgan fingerprint density at radius 3 is 2.45 bits per heavy atom.